The lowest BCUT2D eigenvalue weighted by molar-refractivity contribution is -0.113. The van der Waals surface area contributed by atoms with E-state index in [0.717, 1.165) is 19.1 Å². The van der Waals surface area contributed by atoms with Crippen molar-refractivity contribution in [3.05, 3.63) is 0 Å². The molecule has 1 rings (SSSR count). The van der Waals surface area contributed by atoms with E-state index in [4.69, 9.17) is 0 Å². The van der Waals surface area contributed by atoms with Crippen LogP contribution in [-0.4, -0.2) is 18.4 Å². The molecule has 0 spiro atoms. The van der Waals surface area contributed by atoms with Gasteiger partial charge in [-0.2, -0.15) is 0 Å². The fourth-order valence-electron chi connectivity index (χ4n) is 1.38. The predicted molar refractivity (Wildman–Crippen MR) is 40.8 cm³/mol. The van der Waals surface area contributed by atoms with Crippen molar-refractivity contribution >= 4 is 6.29 Å². The Hall–Kier alpha value is -0.370. The van der Waals surface area contributed by atoms with Crippen LogP contribution < -0.4 is 5.32 Å². The Labute approximate surface area is 62.0 Å². The van der Waals surface area contributed by atoms with Crippen molar-refractivity contribution in [1.29, 1.82) is 0 Å². The number of nitrogens with one attached hydrogen (secondary N) is 1. The highest BCUT2D eigenvalue weighted by atomic mass is 16.1. The minimum absolute atomic E-state index is 0.344. The second-order valence-electron chi connectivity index (χ2n) is 3.39. The first-order valence-corrected chi connectivity index (χ1v) is 3.93. The number of aldehydes is 1. The molecule has 2 heteroatoms. The van der Waals surface area contributed by atoms with Crippen molar-refractivity contribution in [3.8, 4) is 0 Å². The van der Waals surface area contributed by atoms with E-state index in [1.54, 1.807) is 0 Å². The molecule has 2 nitrogen and oxygen atoms in total. The van der Waals surface area contributed by atoms with Gasteiger partial charge in [-0.1, -0.05) is 13.8 Å². The average Bonchev–Trinajstić information content (AvgIpc) is 1.76. The molecule has 0 unspecified atom stereocenters. The van der Waals surface area contributed by atoms with E-state index in [1.165, 1.54) is 0 Å². The molecule has 0 heterocycles. The third-order valence-corrected chi connectivity index (χ3v) is 1.94. The molecule has 0 aliphatic heterocycles. The summed E-state index contributed by atoms with van der Waals surface area (Å²) >= 11 is 0. The van der Waals surface area contributed by atoms with Crippen LogP contribution in [0.25, 0.3) is 0 Å². The Bertz CT molecular complexity index is 116. The summed E-state index contributed by atoms with van der Waals surface area (Å²) in [7, 11) is 0. The van der Waals surface area contributed by atoms with Gasteiger partial charge < -0.3 is 10.1 Å². The van der Waals surface area contributed by atoms with E-state index in [2.05, 4.69) is 19.2 Å². The van der Waals surface area contributed by atoms with Crippen LogP contribution in [-0.2, 0) is 4.79 Å². The van der Waals surface area contributed by atoms with Gasteiger partial charge in [-0.3, -0.25) is 0 Å². The monoisotopic (exact) mass is 141 g/mol. The van der Waals surface area contributed by atoms with Crippen molar-refractivity contribution in [2.45, 2.75) is 38.8 Å². The van der Waals surface area contributed by atoms with Crippen molar-refractivity contribution < 1.29 is 4.79 Å². The van der Waals surface area contributed by atoms with E-state index in [9.17, 15) is 4.79 Å². The van der Waals surface area contributed by atoms with Crippen LogP contribution in [0.5, 0.6) is 0 Å². The molecule has 0 saturated heterocycles. The van der Waals surface area contributed by atoms with E-state index < -0.39 is 0 Å². The third kappa shape index (κ3) is 1.81. The van der Waals surface area contributed by atoms with Gasteiger partial charge in [-0.25, -0.2) is 0 Å². The van der Waals surface area contributed by atoms with Crippen LogP contribution in [0.3, 0.4) is 0 Å². The molecule has 0 amide bonds. The van der Waals surface area contributed by atoms with Gasteiger partial charge in [0.25, 0.3) is 0 Å². The van der Waals surface area contributed by atoms with Gasteiger partial charge in [0.2, 0.25) is 0 Å². The van der Waals surface area contributed by atoms with Crippen LogP contribution in [0.1, 0.15) is 26.7 Å². The van der Waals surface area contributed by atoms with Gasteiger partial charge in [0.05, 0.1) is 0 Å². The van der Waals surface area contributed by atoms with E-state index in [0.29, 0.717) is 18.0 Å². The van der Waals surface area contributed by atoms with Crippen LogP contribution in [0.2, 0.25) is 0 Å². The zero-order valence-corrected chi connectivity index (χ0v) is 6.63. The number of rotatable bonds is 3. The second kappa shape index (κ2) is 3.15. The van der Waals surface area contributed by atoms with Gasteiger partial charge in [0.15, 0.2) is 0 Å². The highest BCUT2D eigenvalue weighted by Crippen LogP contribution is 2.25. The Kier molecular flexibility index (Phi) is 2.44. The predicted octanol–water partition coefficient (Wildman–Crippen LogP) is 0.962. The summed E-state index contributed by atoms with van der Waals surface area (Å²) in [5.41, 5.74) is 0. The normalized spacial score (nSPS) is 31.9. The lowest BCUT2D eigenvalue weighted by Gasteiger charge is -2.33. The van der Waals surface area contributed by atoms with E-state index in [-0.39, 0.29) is 0 Å². The molecule has 0 aromatic carbocycles. The highest BCUT2D eigenvalue weighted by molar-refractivity contribution is 5.55. The molecule has 0 aromatic rings. The molecule has 10 heavy (non-hydrogen) atoms. The first kappa shape index (κ1) is 7.73. The number of hydrogen-bond acceptors (Lipinski definition) is 2. The quantitative estimate of drug-likeness (QED) is 0.593. The van der Waals surface area contributed by atoms with Crippen molar-refractivity contribution in [2.24, 2.45) is 5.92 Å². The second-order valence-corrected chi connectivity index (χ2v) is 3.39. The minimum Gasteiger partial charge on any atom is -0.312 e. The van der Waals surface area contributed by atoms with Crippen LogP contribution in [0, 0.1) is 5.92 Å². The van der Waals surface area contributed by atoms with Gasteiger partial charge in [-0.15, -0.1) is 0 Å². The summed E-state index contributed by atoms with van der Waals surface area (Å²) in [5, 5.41) is 3.38. The maximum Gasteiger partial charge on any atom is 0.123 e. The molecule has 1 aliphatic carbocycles. The van der Waals surface area contributed by atoms with Crippen molar-refractivity contribution in [2.75, 3.05) is 0 Å². The summed E-state index contributed by atoms with van der Waals surface area (Å²) < 4.78 is 0. The smallest absolute Gasteiger partial charge is 0.123 e. The standard InChI is InChI=1S/C8H15NO/c1-6(2)9-8-3-7(4-8)5-10/h5-9H,3-4H2,1-2H3/t7-,8-. The Morgan fingerprint density at radius 2 is 2.10 bits per heavy atom. The molecule has 1 fully saturated rings. The van der Waals surface area contributed by atoms with E-state index in [1.807, 2.05) is 0 Å². The molecule has 0 atom stereocenters. The maximum absolute atomic E-state index is 10.2. The summed E-state index contributed by atoms with van der Waals surface area (Å²) in [6, 6.07) is 1.16. The Balaban J connectivity index is 2.08. The molecule has 0 radical (unpaired) electrons. The SMILES string of the molecule is CC(C)N[C@H]1C[C@H](C=O)C1. The largest absolute Gasteiger partial charge is 0.312 e. The molecule has 1 aliphatic rings. The summed E-state index contributed by atoms with van der Waals surface area (Å²) in [4.78, 5) is 10.2. The highest BCUT2D eigenvalue weighted by Gasteiger charge is 2.28. The fraction of sp³-hybridized carbons (Fsp3) is 0.875. The zero-order valence-electron chi connectivity index (χ0n) is 6.63. The van der Waals surface area contributed by atoms with Crippen LogP contribution in [0.4, 0.5) is 0 Å². The zero-order chi connectivity index (χ0) is 7.56. The molecule has 1 saturated carbocycles. The minimum atomic E-state index is 0.344. The molecular weight excluding hydrogens is 126 g/mol. The van der Waals surface area contributed by atoms with Gasteiger partial charge in [0, 0.05) is 18.0 Å². The van der Waals surface area contributed by atoms with Gasteiger partial charge in [0.1, 0.15) is 6.29 Å². The summed E-state index contributed by atoms with van der Waals surface area (Å²) in [6.07, 6.45) is 3.15. The van der Waals surface area contributed by atoms with Crippen LogP contribution in [0.15, 0.2) is 0 Å². The summed E-state index contributed by atoms with van der Waals surface area (Å²) in [5.74, 6) is 0.344. The molecular formula is C8H15NO. The first-order chi connectivity index (χ1) is 4.72. The molecule has 1 N–H and O–H groups in total. The average molecular weight is 141 g/mol. The van der Waals surface area contributed by atoms with Crippen molar-refractivity contribution in [1.82, 2.24) is 5.32 Å². The third-order valence-electron chi connectivity index (χ3n) is 1.94. The van der Waals surface area contributed by atoms with Gasteiger partial charge in [-0.05, 0) is 12.8 Å². The Morgan fingerprint density at radius 3 is 2.50 bits per heavy atom. The topological polar surface area (TPSA) is 29.1 Å². The van der Waals surface area contributed by atoms with Crippen molar-refractivity contribution in [3.63, 3.8) is 0 Å². The summed E-state index contributed by atoms with van der Waals surface area (Å²) in [6.45, 7) is 4.27. The number of hydrogen-bond donors (Lipinski definition) is 1. The molecule has 0 aromatic heterocycles. The lowest BCUT2D eigenvalue weighted by atomic mass is 9.81. The first-order valence-electron chi connectivity index (χ1n) is 3.93. The van der Waals surface area contributed by atoms with Gasteiger partial charge >= 0.3 is 0 Å². The number of carbonyl (C=O) groups excluding carboxylic acids is 1. The van der Waals surface area contributed by atoms with Crippen LogP contribution >= 0.6 is 0 Å². The lowest BCUT2D eigenvalue weighted by Crippen LogP contribution is -2.44. The maximum atomic E-state index is 10.2. The molecule has 58 valence electrons. The Morgan fingerprint density at radius 1 is 1.50 bits per heavy atom. The van der Waals surface area contributed by atoms with E-state index >= 15 is 0 Å². The molecule has 0 bridgehead atoms. The number of carbonyl (C=O) groups is 1. The fourth-order valence-corrected chi connectivity index (χ4v) is 1.38.